The third kappa shape index (κ3) is 13.7. The van der Waals surface area contributed by atoms with E-state index in [1.54, 1.807) is 48.5 Å². The van der Waals surface area contributed by atoms with Crippen molar-refractivity contribution in [3.8, 4) is 35.1 Å². The number of hydrogen-bond acceptors (Lipinski definition) is 10. The number of nitrogens with zero attached hydrogens (tertiary/aromatic N) is 4. The summed E-state index contributed by atoms with van der Waals surface area (Å²) in [4.78, 5) is 57.0. The first kappa shape index (κ1) is 62.3. The molecule has 8 bridgehead atoms. The Morgan fingerprint density at radius 3 is 0.767 bits per heavy atom. The average molecular weight is 1160 g/mol. The van der Waals surface area contributed by atoms with Gasteiger partial charge in [-0.3, -0.25) is 29.0 Å². The van der Waals surface area contributed by atoms with Crippen LogP contribution in [0.4, 0.5) is 0 Å². The van der Waals surface area contributed by atoms with E-state index in [-0.39, 0.29) is 71.6 Å². The van der Waals surface area contributed by atoms with Gasteiger partial charge >= 0.3 is 0 Å². The maximum Gasteiger partial charge on any atom is 0.261 e. The van der Waals surface area contributed by atoms with Gasteiger partial charge in [0, 0.05) is 51.6 Å². The first-order valence-corrected chi connectivity index (χ1v) is 30.6. The van der Waals surface area contributed by atoms with Gasteiger partial charge in [0.2, 0.25) is 0 Å². The van der Waals surface area contributed by atoms with Gasteiger partial charge in [0.15, 0.2) is 0 Å². The normalized spacial score (nSPS) is 14.2. The van der Waals surface area contributed by atoms with Crippen molar-refractivity contribution in [1.29, 1.82) is 10.5 Å². The molecule has 86 heavy (non-hydrogen) atoms. The summed E-state index contributed by atoms with van der Waals surface area (Å²) >= 11 is 0. The van der Waals surface area contributed by atoms with E-state index < -0.39 is 0 Å². The molecule has 0 saturated heterocycles. The van der Waals surface area contributed by atoms with Gasteiger partial charge in [-0.15, -0.1) is 0 Å². The number of unbranched alkanes of at least 4 members (excludes halogenated alkanes) is 2. The highest BCUT2D eigenvalue weighted by Crippen LogP contribution is 2.45. The van der Waals surface area contributed by atoms with Crippen LogP contribution < -0.4 is 18.9 Å². The van der Waals surface area contributed by atoms with Crippen molar-refractivity contribution in [2.45, 2.75) is 169 Å². The lowest BCUT2D eigenvalue weighted by Crippen LogP contribution is -2.31. The van der Waals surface area contributed by atoms with Gasteiger partial charge in [0.05, 0.1) is 60.8 Å². The summed E-state index contributed by atoms with van der Waals surface area (Å²) in [7, 11) is 0. The second-order valence-corrected chi connectivity index (χ2v) is 27.4. The molecule has 2 heterocycles. The first-order chi connectivity index (χ1) is 40.8. The van der Waals surface area contributed by atoms with Crippen LogP contribution in [0.1, 0.15) is 230 Å². The van der Waals surface area contributed by atoms with E-state index in [2.05, 4.69) is 144 Å². The topological polar surface area (TPSA) is 159 Å². The Hall–Kier alpha value is -8.22. The smallest absolute Gasteiger partial charge is 0.261 e. The molecule has 0 aromatic heterocycles. The number of hydrogen-bond donors (Lipinski definition) is 0. The third-order valence-electron chi connectivity index (χ3n) is 16.6. The van der Waals surface area contributed by atoms with Crippen molar-refractivity contribution < 1.29 is 38.1 Å². The highest BCUT2D eigenvalue weighted by Gasteiger charge is 2.37. The minimum atomic E-state index is -0.303. The molecular formula is C74H84N4O8. The molecular weight excluding hydrogens is 1070 g/mol. The van der Waals surface area contributed by atoms with E-state index in [0.29, 0.717) is 111 Å². The van der Waals surface area contributed by atoms with Crippen molar-refractivity contribution in [3.05, 3.63) is 186 Å². The Kier molecular flexibility index (Phi) is 18.4. The van der Waals surface area contributed by atoms with E-state index in [1.165, 1.54) is 9.80 Å². The molecule has 1 aliphatic carbocycles. The van der Waals surface area contributed by atoms with Crippen LogP contribution in [0.3, 0.4) is 0 Å². The molecule has 0 fully saturated rings. The van der Waals surface area contributed by atoms with Crippen molar-refractivity contribution in [3.63, 3.8) is 0 Å². The minimum Gasteiger partial charge on any atom is -0.493 e. The second kappa shape index (κ2) is 25.4. The SMILES string of the molecule is CC(C)(C)c1cc2c(OCCCC#N)c(c1)Cc1cc(C(C)(C)C)cc(c1OCCCN1C(=O)c3ccccc3C1=O)Cc1cc(C(C)(C)C)cc(c1OCCCC#N)Cc1cc(C(C)(C)C)cc(c1OCCCN1C(=O)c3ccccc3C1=O)C2. The Bertz CT molecular complexity index is 3270. The second-order valence-electron chi connectivity index (χ2n) is 27.4. The molecule has 0 spiro atoms. The number of benzene rings is 6. The van der Waals surface area contributed by atoms with Crippen LogP contribution in [-0.2, 0) is 47.3 Å². The Morgan fingerprint density at radius 1 is 0.360 bits per heavy atom. The number of rotatable bonds is 18. The van der Waals surface area contributed by atoms with Crippen LogP contribution in [-0.4, -0.2) is 72.9 Å². The summed E-state index contributed by atoms with van der Waals surface area (Å²) in [5.41, 5.74) is 12.5. The zero-order chi connectivity index (χ0) is 61.9. The van der Waals surface area contributed by atoms with E-state index in [9.17, 15) is 29.7 Å². The largest absolute Gasteiger partial charge is 0.493 e. The summed E-state index contributed by atoms with van der Waals surface area (Å²) in [5.74, 6) is 1.67. The zero-order valence-corrected chi connectivity index (χ0v) is 52.6. The highest BCUT2D eigenvalue weighted by atomic mass is 16.5. The van der Waals surface area contributed by atoms with E-state index in [4.69, 9.17) is 18.9 Å². The lowest BCUT2D eigenvalue weighted by atomic mass is 9.79. The molecule has 3 aliphatic rings. The van der Waals surface area contributed by atoms with Crippen molar-refractivity contribution >= 4 is 23.6 Å². The number of ether oxygens (including phenoxy) is 4. The van der Waals surface area contributed by atoms with E-state index in [0.717, 1.165) is 78.3 Å². The lowest BCUT2D eigenvalue weighted by Gasteiger charge is -2.29. The molecule has 0 N–H and O–H groups in total. The van der Waals surface area contributed by atoms with Crippen LogP contribution in [0.2, 0.25) is 0 Å². The van der Waals surface area contributed by atoms with Crippen LogP contribution in [0.5, 0.6) is 23.0 Å². The number of fused-ring (bicyclic) bond motifs is 10. The van der Waals surface area contributed by atoms with Gasteiger partial charge in [-0.2, -0.15) is 10.5 Å². The van der Waals surface area contributed by atoms with Crippen LogP contribution in [0.15, 0.2) is 97.1 Å². The molecule has 448 valence electrons. The van der Waals surface area contributed by atoms with Gasteiger partial charge in [-0.25, -0.2) is 0 Å². The van der Waals surface area contributed by atoms with Crippen LogP contribution in [0, 0.1) is 22.7 Å². The van der Waals surface area contributed by atoms with Gasteiger partial charge in [0.25, 0.3) is 23.6 Å². The molecule has 0 atom stereocenters. The molecule has 0 radical (unpaired) electrons. The summed E-state index contributed by atoms with van der Waals surface area (Å²) in [5, 5.41) is 19.5. The highest BCUT2D eigenvalue weighted by molar-refractivity contribution is 6.22. The summed E-state index contributed by atoms with van der Waals surface area (Å²) in [6, 6.07) is 36.6. The first-order valence-electron chi connectivity index (χ1n) is 30.6. The monoisotopic (exact) mass is 1160 g/mol. The molecule has 0 saturated carbocycles. The number of carbonyl (C=O) groups excluding carboxylic acids is 4. The lowest BCUT2D eigenvalue weighted by molar-refractivity contribution is 0.0630. The van der Waals surface area contributed by atoms with Crippen LogP contribution >= 0.6 is 0 Å². The minimum absolute atomic E-state index is 0.182. The average Bonchev–Trinajstić information content (AvgIpc) is 1.14. The summed E-state index contributed by atoms with van der Waals surface area (Å²) in [6.45, 7) is 28.1. The number of imide groups is 2. The molecule has 6 aromatic rings. The van der Waals surface area contributed by atoms with E-state index in [1.807, 2.05) is 0 Å². The fraction of sp³-hybridized carbons (Fsp3) is 0.432. The predicted molar refractivity (Wildman–Crippen MR) is 336 cm³/mol. The number of carbonyl (C=O) groups is 4. The van der Waals surface area contributed by atoms with Gasteiger partial charge in [0.1, 0.15) is 23.0 Å². The molecule has 12 heteroatoms. The number of nitriles is 2. The Balaban J connectivity index is 1.26. The van der Waals surface area contributed by atoms with Crippen molar-refractivity contribution in [2.75, 3.05) is 39.5 Å². The maximum atomic E-state index is 13.6. The number of amides is 4. The third-order valence-corrected chi connectivity index (χ3v) is 16.6. The molecule has 0 unspecified atom stereocenters. The fourth-order valence-corrected chi connectivity index (χ4v) is 11.7. The van der Waals surface area contributed by atoms with Gasteiger partial charge in [-0.1, -0.05) is 156 Å². The summed E-state index contributed by atoms with van der Waals surface area (Å²) in [6.07, 6.45) is 4.14. The quantitative estimate of drug-likeness (QED) is 0.0598. The molecule has 4 amide bonds. The van der Waals surface area contributed by atoms with Gasteiger partial charge < -0.3 is 18.9 Å². The molecule has 9 rings (SSSR count). The maximum absolute atomic E-state index is 13.6. The van der Waals surface area contributed by atoms with Crippen LogP contribution in [0.25, 0.3) is 0 Å². The summed E-state index contributed by atoms with van der Waals surface area (Å²) < 4.78 is 28.4. The molecule has 2 aliphatic heterocycles. The predicted octanol–water partition coefficient (Wildman–Crippen LogP) is 15.0. The standard InChI is InChI=1S/C74H84N4O8/c1-71(2,3)55-39-47-35-51-43-57(73(7,8)9)45-53(65(51)85-33-21-29-77-67(79)59-23-13-14-24-60(59)68(77)80)37-49-41-56(72(4,5)6)42-50(64(49)84-32-20-18-28-76)38-54-46-58(74(10,11)12)44-52(36-48(40-55)63(47)83-31-19-17-27-75)66(54)86-34-22-30-78-69(81)61-25-15-16-26-62(61)70(78)82/h13-16,23-26,39-46H,17-22,29-38H2,1-12H3. The Labute approximate surface area is 509 Å². The fourth-order valence-electron chi connectivity index (χ4n) is 11.7. The van der Waals surface area contributed by atoms with Crippen molar-refractivity contribution in [2.24, 2.45) is 0 Å². The Morgan fingerprint density at radius 2 is 0.570 bits per heavy atom. The molecule has 12 nitrogen and oxygen atoms in total. The zero-order valence-electron chi connectivity index (χ0n) is 52.6. The van der Waals surface area contributed by atoms with Crippen molar-refractivity contribution in [1.82, 2.24) is 9.80 Å². The van der Waals surface area contributed by atoms with Gasteiger partial charge in [-0.05, 0) is 138 Å². The molecule has 6 aromatic carbocycles. The van der Waals surface area contributed by atoms with E-state index >= 15 is 0 Å².